The number of hydrogen-bond donors (Lipinski definition) is 2. The van der Waals surface area contributed by atoms with Crippen LogP contribution in [0.3, 0.4) is 0 Å². The molecule has 1 aromatic heterocycles. The summed E-state index contributed by atoms with van der Waals surface area (Å²) in [4.78, 5) is 23.0. The van der Waals surface area contributed by atoms with Crippen LogP contribution in [0.15, 0.2) is 53.1 Å². The molecule has 0 radical (unpaired) electrons. The van der Waals surface area contributed by atoms with Crippen LogP contribution in [-0.4, -0.2) is 25.0 Å². The molecule has 21 heavy (non-hydrogen) atoms. The van der Waals surface area contributed by atoms with Gasteiger partial charge in [-0.25, -0.2) is 0 Å². The first-order valence-corrected chi connectivity index (χ1v) is 6.46. The van der Waals surface area contributed by atoms with E-state index in [0.717, 1.165) is 0 Å². The Morgan fingerprint density at radius 1 is 1.00 bits per heavy atom. The number of carbonyl (C=O) groups excluding carboxylic acids is 2. The van der Waals surface area contributed by atoms with Crippen molar-refractivity contribution >= 4 is 17.5 Å². The molecule has 2 N–H and O–H groups in total. The maximum absolute atomic E-state index is 11.6. The topological polar surface area (TPSA) is 80.6 Å². The summed E-state index contributed by atoms with van der Waals surface area (Å²) in [5.74, 6) is 0.0455. The zero-order valence-corrected chi connectivity index (χ0v) is 11.4. The van der Waals surface area contributed by atoms with Gasteiger partial charge in [-0.1, -0.05) is 18.2 Å². The quantitative estimate of drug-likeness (QED) is 0.810. The van der Waals surface area contributed by atoms with Gasteiger partial charge in [0.05, 0.1) is 12.8 Å². The fraction of sp³-hybridized carbons (Fsp3) is 0.200. The fourth-order valence-corrected chi connectivity index (χ4v) is 1.60. The molecule has 2 rings (SSSR count). The number of rotatable bonds is 7. The van der Waals surface area contributed by atoms with Crippen molar-refractivity contribution in [3.8, 4) is 0 Å². The highest BCUT2D eigenvalue weighted by molar-refractivity contribution is 5.91. The standard InChI is InChI=1S/C15H16N2O4/c18-14(16-9-13-7-4-8-21-13)10-20-11-15(19)17-12-5-2-1-3-6-12/h1-8H,9-11H2,(H,16,18)(H,17,19). The lowest BCUT2D eigenvalue weighted by Crippen LogP contribution is -2.29. The van der Waals surface area contributed by atoms with Crippen LogP contribution in [0.4, 0.5) is 5.69 Å². The first kappa shape index (κ1) is 14.8. The predicted molar refractivity (Wildman–Crippen MR) is 76.4 cm³/mol. The lowest BCUT2D eigenvalue weighted by atomic mass is 10.3. The second-order valence-corrected chi connectivity index (χ2v) is 4.26. The molecule has 1 heterocycles. The Hall–Kier alpha value is -2.60. The van der Waals surface area contributed by atoms with Crippen LogP contribution < -0.4 is 10.6 Å². The molecule has 6 heteroatoms. The van der Waals surface area contributed by atoms with E-state index < -0.39 is 0 Å². The zero-order valence-electron chi connectivity index (χ0n) is 11.4. The summed E-state index contributed by atoms with van der Waals surface area (Å²) in [6.07, 6.45) is 1.53. The summed E-state index contributed by atoms with van der Waals surface area (Å²) < 4.78 is 10.1. The first-order valence-electron chi connectivity index (χ1n) is 6.46. The van der Waals surface area contributed by atoms with Gasteiger partial charge in [-0.15, -0.1) is 0 Å². The highest BCUT2D eigenvalue weighted by Crippen LogP contribution is 2.04. The maximum Gasteiger partial charge on any atom is 0.250 e. The third-order valence-corrected chi connectivity index (χ3v) is 2.56. The van der Waals surface area contributed by atoms with E-state index in [0.29, 0.717) is 18.0 Å². The van der Waals surface area contributed by atoms with Gasteiger partial charge in [0, 0.05) is 5.69 Å². The third kappa shape index (κ3) is 5.50. The second-order valence-electron chi connectivity index (χ2n) is 4.26. The summed E-state index contributed by atoms with van der Waals surface area (Å²) in [6, 6.07) is 12.5. The fourth-order valence-electron chi connectivity index (χ4n) is 1.60. The Morgan fingerprint density at radius 3 is 2.48 bits per heavy atom. The van der Waals surface area contributed by atoms with Crippen LogP contribution in [0.1, 0.15) is 5.76 Å². The molecule has 2 aromatic rings. The maximum atomic E-state index is 11.6. The molecule has 0 bridgehead atoms. The number of amides is 2. The van der Waals surface area contributed by atoms with Crippen LogP contribution in [0.2, 0.25) is 0 Å². The van der Waals surface area contributed by atoms with Crippen molar-refractivity contribution in [1.82, 2.24) is 5.32 Å². The van der Waals surface area contributed by atoms with Gasteiger partial charge in [-0.3, -0.25) is 9.59 Å². The van der Waals surface area contributed by atoms with Gasteiger partial charge in [-0.2, -0.15) is 0 Å². The summed E-state index contributed by atoms with van der Waals surface area (Å²) in [7, 11) is 0. The SMILES string of the molecule is O=C(COCC(=O)Nc1ccccc1)NCc1ccco1. The lowest BCUT2D eigenvalue weighted by molar-refractivity contribution is -0.128. The number of carbonyl (C=O) groups is 2. The molecular formula is C15H16N2O4. The minimum absolute atomic E-state index is 0.178. The number of nitrogens with one attached hydrogen (secondary N) is 2. The Bertz CT molecular complexity index is 567. The van der Waals surface area contributed by atoms with Crippen molar-refractivity contribution in [2.75, 3.05) is 18.5 Å². The molecule has 0 saturated carbocycles. The summed E-state index contributed by atoms with van der Waals surface area (Å²) >= 11 is 0. The molecule has 0 saturated heterocycles. The van der Waals surface area contributed by atoms with Gasteiger partial charge in [-0.05, 0) is 24.3 Å². The number of anilines is 1. The van der Waals surface area contributed by atoms with Gasteiger partial charge in [0.1, 0.15) is 19.0 Å². The molecule has 0 aliphatic heterocycles. The predicted octanol–water partition coefficient (Wildman–Crippen LogP) is 1.55. The Kier molecular flexibility index (Phi) is 5.54. The number of hydrogen-bond acceptors (Lipinski definition) is 4. The van der Waals surface area contributed by atoms with Gasteiger partial charge in [0.2, 0.25) is 11.8 Å². The van der Waals surface area contributed by atoms with Crippen LogP contribution in [-0.2, 0) is 20.9 Å². The second kappa shape index (κ2) is 7.86. The van der Waals surface area contributed by atoms with E-state index in [1.165, 1.54) is 6.26 Å². The summed E-state index contributed by atoms with van der Waals surface area (Å²) in [5, 5.41) is 5.28. The first-order chi connectivity index (χ1) is 10.2. The molecule has 1 aromatic carbocycles. The van der Waals surface area contributed by atoms with Crippen molar-refractivity contribution in [2.24, 2.45) is 0 Å². The molecule has 2 amide bonds. The molecule has 0 unspecified atom stereocenters. The Morgan fingerprint density at radius 2 is 1.76 bits per heavy atom. The van der Waals surface area contributed by atoms with Crippen LogP contribution in [0.5, 0.6) is 0 Å². The lowest BCUT2D eigenvalue weighted by Gasteiger charge is -2.06. The Labute approximate surface area is 122 Å². The largest absolute Gasteiger partial charge is 0.467 e. The molecule has 0 aliphatic rings. The molecule has 0 fully saturated rings. The van der Waals surface area contributed by atoms with Crippen LogP contribution >= 0.6 is 0 Å². The van der Waals surface area contributed by atoms with Crippen molar-refractivity contribution in [3.63, 3.8) is 0 Å². The molecule has 0 atom stereocenters. The smallest absolute Gasteiger partial charge is 0.250 e. The zero-order chi connectivity index (χ0) is 14.9. The highest BCUT2D eigenvalue weighted by Gasteiger charge is 2.06. The third-order valence-electron chi connectivity index (χ3n) is 2.56. The van der Waals surface area contributed by atoms with Crippen LogP contribution in [0, 0.1) is 0 Å². The Balaban J connectivity index is 1.60. The number of benzene rings is 1. The number of furan rings is 1. The van der Waals surface area contributed by atoms with Crippen molar-refractivity contribution in [2.45, 2.75) is 6.54 Å². The van der Waals surface area contributed by atoms with Gasteiger partial charge in [0.15, 0.2) is 0 Å². The molecule has 0 aliphatic carbocycles. The highest BCUT2D eigenvalue weighted by atomic mass is 16.5. The average molecular weight is 288 g/mol. The summed E-state index contributed by atoms with van der Waals surface area (Å²) in [5.41, 5.74) is 0.688. The minimum atomic E-state index is -0.307. The van der Waals surface area contributed by atoms with E-state index in [1.807, 2.05) is 18.2 Å². The van der Waals surface area contributed by atoms with E-state index >= 15 is 0 Å². The van der Waals surface area contributed by atoms with Gasteiger partial charge in [0.25, 0.3) is 0 Å². The average Bonchev–Trinajstić information content (AvgIpc) is 2.99. The van der Waals surface area contributed by atoms with Crippen molar-refractivity contribution < 1.29 is 18.7 Å². The van der Waals surface area contributed by atoms with E-state index in [2.05, 4.69) is 10.6 Å². The van der Waals surface area contributed by atoms with Gasteiger partial charge < -0.3 is 19.8 Å². The monoisotopic (exact) mass is 288 g/mol. The van der Waals surface area contributed by atoms with E-state index in [1.54, 1.807) is 24.3 Å². The molecular weight excluding hydrogens is 272 g/mol. The normalized spacial score (nSPS) is 10.1. The van der Waals surface area contributed by atoms with E-state index in [4.69, 9.17) is 9.15 Å². The molecule has 0 spiro atoms. The number of para-hydroxylation sites is 1. The molecule has 6 nitrogen and oxygen atoms in total. The summed E-state index contributed by atoms with van der Waals surface area (Å²) in [6.45, 7) is -0.0581. The van der Waals surface area contributed by atoms with E-state index in [9.17, 15) is 9.59 Å². The van der Waals surface area contributed by atoms with Crippen molar-refractivity contribution in [1.29, 1.82) is 0 Å². The van der Waals surface area contributed by atoms with E-state index in [-0.39, 0.29) is 25.0 Å². The van der Waals surface area contributed by atoms with Crippen molar-refractivity contribution in [3.05, 3.63) is 54.5 Å². The number of ether oxygens (including phenoxy) is 1. The van der Waals surface area contributed by atoms with Gasteiger partial charge >= 0.3 is 0 Å². The molecule has 110 valence electrons. The van der Waals surface area contributed by atoms with Crippen LogP contribution in [0.25, 0.3) is 0 Å². The minimum Gasteiger partial charge on any atom is -0.467 e.